The Morgan fingerprint density at radius 3 is 2.53 bits per heavy atom. The molecule has 19 heavy (non-hydrogen) atoms. The predicted octanol–water partition coefficient (Wildman–Crippen LogP) is 3.76. The summed E-state index contributed by atoms with van der Waals surface area (Å²) in [5.41, 5.74) is 3.60. The van der Waals surface area contributed by atoms with Gasteiger partial charge in [-0.25, -0.2) is 5.43 Å². The average molecular weight is 293 g/mol. The molecule has 0 aliphatic heterocycles. The summed E-state index contributed by atoms with van der Waals surface area (Å²) in [5, 5.41) is 4.70. The number of halogens is 2. The van der Waals surface area contributed by atoms with Gasteiger partial charge in [0, 0.05) is 11.1 Å². The Morgan fingerprint density at radius 1 is 1.05 bits per heavy atom. The minimum atomic E-state index is -0.282. The number of carbonyl (C=O) groups is 1. The summed E-state index contributed by atoms with van der Waals surface area (Å²) in [6, 6.07) is 14.0. The molecule has 0 heterocycles. The van der Waals surface area contributed by atoms with Crippen LogP contribution in [0.1, 0.15) is 15.9 Å². The molecule has 0 aliphatic rings. The maximum absolute atomic E-state index is 11.7. The van der Waals surface area contributed by atoms with E-state index in [2.05, 4.69) is 10.5 Å². The van der Waals surface area contributed by atoms with Gasteiger partial charge < -0.3 is 0 Å². The lowest BCUT2D eigenvalue weighted by molar-refractivity contribution is 0.0955. The van der Waals surface area contributed by atoms with Gasteiger partial charge in [-0.05, 0) is 18.2 Å². The third-order valence-electron chi connectivity index (χ3n) is 2.39. The van der Waals surface area contributed by atoms with Crippen LogP contribution in [0.4, 0.5) is 0 Å². The molecule has 0 radical (unpaired) electrons. The Bertz CT molecular complexity index is 612. The van der Waals surface area contributed by atoms with Crippen molar-refractivity contribution in [3.05, 3.63) is 69.7 Å². The molecular formula is C14H10Cl2N2O. The molecule has 0 spiro atoms. The molecule has 2 aromatic carbocycles. The first kappa shape index (κ1) is 13.6. The van der Waals surface area contributed by atoms with Crippen LogP contribution in [0.15, 0.2) is 53.6 Å². The minimum Gasteiger partial charge on any atom is -0.267 e. The zero-order valence-electron chi connectivity index (χ0n) is 9.81. The van der Waals surface area contributed by atoms with E-state index in [1.54, 1.807) is 42.5 Å². The second kappa shape index (κ2) is 6.36. The lowest BCUT2D eigenvalue weighted by Gasteiger charge is -2.01. The number of carbonyl (C=O) groups excluding carboxylic acids is 1. The number of nitrogens with zero attached hydrogens (tertiary/aromatic N) is 1. The molecule has 2 rings (SSSR count). The number of nitrogens with one attached hydrogen (secondary N) is 1. The molecule has 0 atom stereocenters. The second-order valence-corrected chi connectivity index (χ2v) is 4.49. The molecule has 0 unspecified atom stereocenters. The van der Waals surface area contributed by atoms with E-state index in [0.717, 1.165) is 0 Å². The number of hydrazone groups is 1. The van der Waals surface area contributed by atoms with Crippen molar-refractivity contribution in [2.75, 3.05) is 0 Å². The van der Waals surface area contributed by atoms with Crippen molar-refractivity contribution < 1.29 is 4.79 Å². The van der Waals surface area contributed by atoms with Crippen LogP contribution >= 0.6 is 23.2 Å². The molecule has 0 saturated carbocycles. The van der Waals surface area contributed by atoms with E-state index in [9.17, 15) is 4.79 Å². The molecule has 2 aromatic rings. The van der Waals surface area contributed by atoms with Gasteiger partial charge in [-0.15, -0.1) is 0 Å². The van der Waals surface area contributed by atoms with Crippen molar-refractivity contribution in [1.82, 2.24) is 5.43 Å². The quantitative estimate of drug-likeness (QED) is 0.679. The molecule has 1 N–H and O–H groups in total. The van der Waals surface area contributed by atoms with E-state index in [0.29, 0.717) is 21.2 Å². The normalized spacial score (nSPS) is 10.6. The van der Waals surface area contributed by atoms with Crippen molar-refractivity contribution in [2.45, 2.75) is 0 Å². The number of rotatable bonds is 3. The Hall–Kier alpha value is -1.84. The SMILES string of the molecule is O=C(N/N=C\c1cccc(Cl)c1Cl)c1ccccc1. The number of amides is 1. The van der Waals surface area contributed by atoms with E-state index >= 15 is 0 Å². The fourth-order valence-electron chi connectivity index (χ4n) is 1.43. The minimum absolute atomic E-state index is 0.282. The van der Waals surface area contributed by atoms with Crippen LogP contribution in [0.3, 0.4) is 0 Å². The molecule has 0 bridgehead atoms. The fraction of sp³-hybridized carbons (Fsp3) is 0. The Kier molecular flexibility index (Phi) is 4.55. The van der Waals surface area contributed by atoms with E-state index in [1.165, 1.54) is 6.21 Å². The van der Waals surface area contributed by atoms with E-state index in [4.69, 9.17) is 23.2 Å². The summed E-state index contributed by atoms with van der Waals surface area (Å²) >= 11 is 11.9. The van der Waals surface area contributed by atoms with Crippen LogP contribution in [-0.2, 0) is 0 Å². The highest BCUT2D eigenvalue weighted by Gasteiger charge is 2.03. The highest BCUT2D eigenvalue weighted by Crippen LogP contribution is 2.24. The number of hydrogen-bond acceptors (Lipinski definition) is 2. The number of hydrogen-bond donors (Lipinski definition) is 1. The largest absolute Gasteiger partial charge is 0.271 e. The summed E-state index contributed by atoms with van der Waals surface area (Å²) in [7, 11) is 0. The van der Waals surface area contributed by atoms with Crippen LogP contribution in [0.2, 0.25) is 10.0 Å². The molecule has 1 amide bonds. The smallest absolute Gasteiger partial charge is 0.267 e. The monoisotopic (exact) mass is 292 g/mol. The summed E-state index contributed by atoms with van der Waals surface area (Å²) in [4.78, 5) is 11.7. The van der Waals surface area contributed by atoms with Gasteiger partial charge in [0.25, 0.3) is 5.91 Å². The van der Waals surface area contributed by atoms with Gasteiger partial charge in [0.1, 0.15) is 0 Å². The summed E-state index contributed by atoms with van der Waals surface area (Å²) in [6.07, 6.45) is 1.45. The van der Waals surface area contributed by atoms with Crippen molar-refractivity contribution in [3.8, 4) is 0 Å². The van der Waals surface area contributed by atoms with Crippen LogP contribution in [-0.4, -0.2) is 12.1 Å². The summed E-state index contributed by atoms with van der Waals surface area (Å²) < 4.78 is 0. The maximum atomic E-state index is 11.7. The van der Waals surface area contributed by atoms with Gasteiger partial charge in [0.05, 0.1) is 16.3 Å². The third-order valence-corrected chi connectivity index (χ3v) is 3.22. The topological polar surface area (TPSA) is 41.5 Å². The van der Waals surface area contributed by atoms with Gasteiger partial charge in [-0.2, -0.15) is 5.10 Å². The predicted molar refractivity (Wildman–Crippen MR) is 78.0 cm³/mol. The van der Waals surface area contributed by atoms with Gasteiger partial charge in [-0.1, -0.05) is 53.5 Å². The van der Waals surface area contributed by atoms with Crippen molar-refractivity contribution in [3.63, 3.8) is 0 Å². The highest BCUT2D eigenvalue weighted by atomic mass is 35.5. The van der Waals surface area contributed by atoms with Gasteiger partial charge >= 0.3 is 0 Å². The molecule has 0 fully saturated rings. The summed E-state index contributed by atoms with van der Waals surface area (Å²) in [6.45, 7) is 0. The zero-order chi connectivity index (χ0) is 13.7. The third kappa shape index (κ3) is 3.56. The van der Waals surface area contributed by atoms with Gasteiger partial charge in [0.15, 0.2) is 0 Å². The van der Waals surface area contributed by atoms with E-state index < -0.39 is 0 Å². The fourth-order valence-corrected chi connectivity index (χ4v) is 1.79. The Labute approximate surface area is 120 Å². The van der Waals surface area contributed by atoms with E-state index in [-0.39, 0.29) is 5.91 Å². The molecule has 0 saturated heterocycles. The standard InChI is InChI=1S/C14H10Cl2N2O/c15-12-8-4-7-11(13(12)16)9-17-18-14(19)10-5-2-1-3-6-10/h1-9H,(H,18,19)/b17-9-. The average Bonchev–Trinajstić information content (AvgIpc) is 2.44. The zero-order valence-corrected chi connectivity index (χ0v) is 11.3. The van der Waals surface area contributed by atoms with Crippen LogP contribution < -0.4 is 5.43 Å². The number of benzene rings is 2. The van der Waals surface area contributed by atoms with Gasteiger partial charge in [-0.3, -0.25) is 4.79 Å². The van der Waals surface area contributed by atoms with E-state index in [1.807, 2.05) is 6.07 Å². The van der Waals surface area contributed by atoms with Crippen LogP contribution in [0.5, 0.6) is 0 Å². The Morgan fingerprint density at radius 2 is 1.79 bits per heavy atom. The molecule has 3 nitrogen and oxygen atoms in total. The second-order valence-electron chi connectivity index (χ2n) is 3.71. The molecule has 96 valence electrons. The lowest BCUT2D eigenvalue weighted by Crippen LogP contribution is -2.17. The summed E-state index contributed by atoms with van der Waals surface area (Å²) in [5.74, 6) is -0.282. The van der Waals surface area contributed by atoms with Gasteiger partial charge in [0.2, 0.25) is 0 Å². The molecular weight excluding hydrogens is 283 g/mol. The lowest BCUT2D eigenvalue weighted by atomic mass is 10.2. The first-order valence-electron chi connectivity index (χ1n) is 5.51. The van der Waals surface area contributed by atoms with Crippen molar-refractivity contribution in [1.29, 1.82) is 0 Å². The highest BCUT2D eigenvalue weighted by molar-refractivity contribution is 6.43. The van der Waals surface area contributed by atoms with Crippen LogP contribution in [0, 0.1) is 0 Å². The Balaban J connectivity index is 2.05. The molecule has 0 aromatic heterocycles. The first-order chi connectivity index (χ1) is 9.18. The van der Waals surface area contributed by atoms with Crippen LogP contribution in [0.25, 0.3) is 0 Å². The molecule has 5 heteroatoms. The molecule has 0 aliphatic carbocycles. The first-order valence-corrected chi connectivity index (χ1v) is 6.26. The van der Waals surface area contributed by atoms with Crippen molar-refractivity contribution >= 4 is 35.3 Å². The maximum Gasteiger partial charge on any atom is 0.271 e. The van der Waals surface area contributed by atoms with Crippen molar-refractivity contribution in [2.24, 2.45) is 5.10 Å².